The van der Waals surface area contributed by atoms with Crippen molar-refractivity contribution in [1.82, 2.24) is 0 Å². The quantitative estimate of drug-likeness (QED) is 0.0223. The monoisotopic (exact) mass is 731 g/mol. The molecule has 0 bridgehead atoms. The fourth-order valence-electron chi connectivity index (χ4n) is 5.22. The van der Waals surface area contributed by atoms with Crippen LogP contribution in [0.4, 0.5) is 0 Å². The maximum Gasteiger partial charge on any atom is 0.472 e. The van der Waals surface area contributed by atoms with Gasteiger partial charge >= 0.3 is 19.8 Å². The zero-order valence-corrected chi connectivity index (χ0v) is 33.8. The van der Waals surface area contributed by atoms with Gasteiger partial charge in [0.25, 0.3) is 0 Å². The summed E-state index contributed by atoms with van der Waals surface area (Å²) in [5.41, 5.74) is 0. The van der Waals surface area contributed by atoms with Gasteiger partial charge in [-0.25, -0.2) is 4.57 Å². The van der Waals surface area contributed by atoms with E-state index < -0.39 is 26.5 Å². The first-order valence-electron chi connectivity index (χ1n) is 20.1. The van der Waals surface area contributed by atoms with Gasteiger partial charge < -0.3 is 18.9 Å². The highest BCUT2D eigenvalue weighted by molar-refractivity contribution is 7.47. The van der Waals surface area contributed by atoms with Gasteiger partial charge in [0.15, 0.2) is 6.10 Å². The standard InChI is InChI=1S/C40H76NO8P/c1-6-8-10-12-14-16-18-19-20-21-23-24-26-28-30-32-39(42)46-36-38(37-48-50(44,45)47-35-34-41(3,4)5)49-40(43)33-31-29-27-25-22-17-15-13-11-9-7-2/h13,15,19-20,38H,6-12,14,16-18,21-37H2,1-5H3/p+1/b15-13-,20-19-/t38-/m1/s1. The van der Waals surface area contributed by atoms with Crippen LogP contribution in [0.2, 0.25) is 0 Å². The molecule has 0 aromatic rings. The van der Waals surface area contributed by atoms with Gasteiger partial charge in [-0.15, -0.1) is 0 Å². The first-order chi connectivity index (χ1) is 24.0. The van der Waals surface area contributed by atoms with Crippen molar-refractivity contribution in [2.45, 2.75) is 174 Å². The minimum Gasteiger partial charge on any atom is -0.462 e. The Labute approximate surface area is 307 Å². The number of esters is 2. The van der Waals surface area contributed by atoms with E-state index >= 15 is 0 Å². The van der Waals surface area contributed by atoms with Gasteiger partial charge in [-0.05, 0) is 57.8 Å². The van der Waals surface area contributed by atoms with Crippen molar-refractivity contribution in [1.29, 1.82) is 0 Å². The van der Waals surface area contributed by atoms with Crippen LogP contribution in [0.15, 0.2) is 24.3 Å². The summed E-state index contributed by atoms with van der Waals surface area (Å²) in [5.74, 6) is -0.820. The van der Waals surface area contributed by atoms with Crippen molar-refractivity contribution in [3.63, 3.8) is 0 Å². The van der Waals surface area contributed by atoms with Gasteiger partial charge in [-0.2, -0.15) is 0 Å². The summed E-state index contributed by atoms with van der Waals surface area (Å²) in [6.07, 6.45) is 33.7. The molecule has 0 saturated heterocycles. The summed E-state index contributed by atoms with van der Waals surface area (Å²) >= 11 is 0. The van der Waals surface area contributed by atoms with Crippen LogP contribution in [-0.4, -0.2) is 74.9 Å². The van der Waals surface area contributed by atoms with Crippen molar-refractivity contribution in [2.24, 2.45) is 0 Å². The zero-order chi connectivity index (χ0) is 37.2. The van der Waals surface area contributed by atoms with Gasteiger partial charge in [0.1, 0.15) is 19.8 Å². The number of nitrogens with zero attached hydrogens (tertiary/aromatic N) is 1. The van der Waals surface area contributed by atoms with E-state index in [0.29, 0.717) is 17.4 Å². The molecule has 0 aromatic heterocycles. The Balaban J connectivity index is 4.41. The molecule has 2 atom stereocenters. The van der Waals surface area contributed by atoms with Crippen molar-refractivity contribution < 1.29 is 42.1 Å². The van der Waals surface area contributed by atoms with Gasteiger partial charge in [-0.3, -0.25) is 18.6 Å². The Morgan fingerprint density at radius 2 is 1.04 bits per heavy atom. The van der Waals surface area contributed by atoms with Crippen LogP contribution < -0.4 is 0 Å². The molecule has 0 rings (SSSR count). The predicted octanol–water partition coefficient (Wildman–Crippen LogP) is 10.8. The van der Waals surface area contributed by atoms with E-state index in [-0.39, 0.29) is 32.0 Å². The maximum atomic E-state index is 12.6. The van der Waals surface area contributed by atoms with Crippen molar-refractivity contribution >= 4 is 19.8 Å². The lowest BCUT2D eigenvalue weighted by molar-refractivity contribution is -0.870. The van der Waals surface area contributed by atoms with Crippen molar-refractivity contribution in [3.05, 3.63) is 24.3 Å². The van der Waals surface area contributed by atoms with E-state index in [4.69, 9.17) is 18.5 Å². The average Bonchev–Trinajstić information content (AvgIpc) is 3.06. The molecule has 1 unspecified atom stereocenters. The van der Waals surface area contributed by atoms with Crippen LogP contribution in [0, 0.1) is 0 Å². The third-order valence-corrected chi connectivity index (χ3v) is 9.44. The Hall–Kier alpha value is -1.51. The zero-order valence-electron chi connectivity index (χ0n) is 32.9. The Morgan fingerprint density at radius 1 is 0.600 bits per heavy atom. The lowest BCUT2D eigenvalue weighted by atomic mass is 10.1. The molecule has 0 spiro atoms. The second-order valence-corrected chi connectivity index (χ2v) is 16.1. The maximum absolute atomic E-state index is 12.6. The molecule has 0 radical (unpaired) electrons. The number of rotatable bonds is 36. The van der Waals surface area contributed by atoms with Crippen LogP contribution in [-0.2, 0) is 32.7 Å². The molecule has 1 N–H and O–H groups in total. The summed E-state index contributed by atoms with van der Waals surface area (Å²) in [6.45, 7) is 4.35. The number of hydrogen-bond donors (Lipinski definition) is 1. The molecule has 0 aromatic carbocycles. The van der Waals surface area contributed by atoms with Crippen LogP contribution >= 0.6 is 7.82 Å². The number of carbonyl (C=O) groups is 2. The molecule has 0 heterocycles. The number of allylic oxidation sites excluding steroid dienone is 4. The van der Waals surface area contributed by atoms with E-state index in [2.05, 4.69) is 38.2 Å². The van der Waals surface area contributed by atoms with Gasteiger partial charge in [0, 0.05) is 12.8 Å². The highest BCUT2D eigenvalue weighted by atomic mass is 31.2. The molecule has 50 heavy (non-hydrogen) atoms. The number of likely N-dealkylation sites (N-methyl/N-ethyl adjacent to an activating group) is 1. The number of ether oxygens (including phenoxy) is 2. The topological polar surface area (TPSA) is 108 Å². The molecule has 9 nitrogen and oxygen atoms in total. The summed E-state index contributed by atoms with van der Waals surface area (Å²) in [4.78, 5) is 35.2. The highest BCUT2D eigenvalue weighted by Crippen LogP contribution is 2.43. The van der Waals surface area contributed by atoms with Crippen molar-refractivity contribution in [2.75, 3.05) is 47.5 Å². The first kappa shape index (κ1) is 48.5. The van der Waals surface area contributed by atoms with E-state index in [0.717, 1.165) is 77.0 Å². The highest BCUT2D eigenvalue weighted by Gasteiger charge is 2.27. The number of unbranched alkanes of at least 4 members (excludes halogenated alkanes) is 18. The van der Waals surface area contributed by atoms with Crippen LogP contribution in [0.25, 0.3) is 0 Å². The molecular formula is C40H77NO8P+. The summed E-state index contributed by atoms with van der Waals surface area (Å²) in [6, 6.07) is 0. The molecule has 0 fully saturated rings. The van der Waals surface area contributed by atoms with E-state index in [1.807, 2.05) is 21.1 Å². The molecular weight excluding hydrogens is 653 g/mol. The summed E-state index contributed by atoms with van der Waals surface area (Å²) in [7, 11) is 1.47. The number of quaternary nitrogens is 1. The minimum absolute atomic E-state index is 0.0296. The summed E-state index contributed by atoms with van der Waals surface area (Å²) < 4.78 is 34.1. The summed E-state index contributed by atoms with van der Waals surface area (Å²) in [5, 5.41) is 0. The lowest BCUT2D eigenvalue weighted by Gasteiger charge is -2.24. The van der Waals surface area contributed by atoms with Crippen LogP contribution in [0.5, 0.6) is 0 Å². The molecule has 0 aliphatic rings. The number of phosphoric ester groups is 1. The Morgan fingerprint density at radius 3 is 1.54 bits per heavy atom. The third kappa shape index (κ3) is 36.3. The minimum atomic E-state index is -4.37. The normalized spacial score (nSPS) is 14.0. The number of hydrogen-bond acceptors (Lipinski definition) is 7. The fraction of sp³-hybridized carbons (Fsp3) is 0.850. The van der Waals surface area contributed by atoms with Gasteiger partial charge in [0.2, 0.25) is 0 Å². The van der Waals surface area contributed by atoms with Crippen LogP contribution in [0.1, 0.15) is 168 Å². The Bertz CT molecular complexity index is 918. The SMILES string of the molecule is CCCC/C=C\CCCCCCCC(=O)O[C@H](COC(=O)CCCCCCC/C=C\CCCCCCCC)COP(=O)(O)OCC[N+](C)(C)C. The van der Waals surface area contributed by atoms with Crippen molar-refractivity contribution in [3.8, 4) is 0 Å². The predicted molar refractivity (Wildman–Crippen MR) is 206 cm³/mol. The fourth-order valence-corrected chi connectivity index (χ4v) is 5.96. The largest absolute Gasteiger partial charge is 0.472 e. The van der Waals surface area contributed by atoms with E-state index in [1.54, 1.807) is 0 Å². The molecule has 10 heteroatoms. The smallest absolute Gasteiger partial charge is 0.462 e. The van der Waals surface area contributed by atoms with Gasteiger partial charge in [0.05, 0.1) is 27.7 Å². The number of phosphoric acid groups is 1. The molecule has 0 aliphatic heterocycles. The second kappa shape index (κ2) is 33.3. The van der Waals surface area contributed by atoms with Crippen LogP contribution in [0.3, 0.4) is 0 Å². The Kier molecular flexibility index (Phi) is 32.3. The molecule has 0 saturated carbocycles. The number of carbonyl (C=O) groups excluding carboxylic acids is 2. The van der Waals surface area contributed by atoms with E-state index in [9.17, 15) is 19.0 Å². The molecule has 0 aliphatic carbocycles. The lowest BCUT2D eigenvalue weighted by Crippen LogP contribution is -2.37. The molecule has 294 valence electrons. The molecule has 0 amide bonds. The third-order valence-electron chi connectivity index (χ3n) is 8.45. The average molecular weight is 731 g/mol. The first-order valence-corrected chi connectivity index (χ1v) is 21.6. The van der Waals surface area contributed by atoms with E-state index in [1.165, 1.54) is 57.8 Å². The van der Waals surface area contributed by atoms with Gasteiger partial charge in [-0.1, -0.05) is 122 Å². The second-order valence-electron chi connectivity index (χ2n) is 14.7.